The summed E-state index contributed by atoms with van der Waals surface area (Å²) in [4.78, 5) is 0. The lowest BCUT2D eigenvalue weighted by atomic mass is 10.4. The molecular formula is C6H10N2O2. The zero-order chi connectivity index (χ0) is 7.72. The Labute approximate surface area is 58.7 Å². The third kappa shape index (κ3) is 1.17. The highest BCUT2D eigenvalue weighted by Crippen LogP contribution is 2.07. The van der Waals surface area contributed by atoms with Crippen molar-refractivity contribution in [1.29, 1.82) is 0 Å². The third-order valence-electron chi connectivity index (χ3n) is 1.40. The fraction of sp³-hybridized carbons (Fsp3) is 0.500. The molecule has 0 unspecified atom stereocenters. The van der Waals surface area contributed by atoms with Gasteiger partial charge in [-0.25, -0.2) is 0 Å². The van der Waals surface area contributed by atoms with Crippen molar-refractivity contribution in [2.75, 3.05) is 0 Å². The largest absolute Gasteiger partial charge is 0.363 e. The van der Waals surface area contributed by atoms with Gasteiger partial charge in [-0.3, -0.25) is 4.68 Å². The number of aromatic nitrogens is 2. The molecule has 0 atom stereocenters. The predicted octanol–water partition coefficient (Wildman–Crippen LogP) is -0.288. The number of aryl methyl sites for hydroxylation is 2. The van der Waals surface area contributed by atoms with Gasteiger partial charge in [-0.15, -0.1) is 0 Å². The van der Waals surface area contributed by atoms with E-state index in [0.29, 0.717) is 5.69 Å². The molecule has 0 spiro atoms. The summed E-state index contributed by atoms with van der Waals surface area (Å²) in [6, 6.07) is 1.63. The number of aliphatic hydroxyl groups is 2. The Morgan fingerprint density at radius 2 is 2.20 bits per heavy atom. The SMILES string of the molecule is Cc1cc(C(O)O)nn1C. The van der Waals surface area contributed by atoms with E-state index >= 15 is 0 Å². The van der Waals surface area contributed by atoms with Gasteiger partial charge in [-0.05, 0) is 13.0 Å². The van der Waals surface area contributed by atoms with E-state index < -0.39 is 6.29 Å². The van der Waals surface area contributed by atoms with E-state index in [-0.39, 0.29) is 0 Å². The zero-order valence-electron chi connectivity index (χ0n) is 5.94. The molecule has 0 saturated carbocycles. The van der Waals surface area contributed by atoms with Crippen molar-refractivity contribution in [1.82, 2.24) is 9.78 Å². The highest BCUT2D eigenvalue weighted by Gasteiger charge is 2.06. The number of rotatable bonds is 1. The molecule has 1 aromatic heterocycles. The van der Waals surface area contributed by atoms with E-state index in [9.17, 15) is 0 Å². The third-order valence-corrected chi connectivity index (χ3v) is 1.40. The van der Waals surface area contributed by atoms with E-state index in [1.54, 1.807) is 17.8 Å². The minimum absolute atomic E-state index is 0.292. The van der Waals surface area contributed by atoms with Crippen molar-refractivity contribution in [3.05, 3.63) is 17.5 Å². The van der Waals surface area contributed by atoms with Gasteiger partial charge in [0.2, 0.25) is 0 Å². The number of nitrogens with zero attached hydrogens (tertiary/aromatic N) is 2. The van der Waals surface area contributed by atoms with E-state index in [1.807, 2.05) is 6.92 Å². The quantitative estimate of drug-likeness (QED) is 0.530. The standard InChI is InChI=1S/C6H10N2O2/c1-4-3-5(6(9)10)7-8(4)2/h3,6,9-10H,1-2H3. The number of hydrogen-bond acceptors (Lipinski definition) is 3. The first-order valence-electron chi connectivity index (χ1n) is 2.98. The lowest BCUT2D eigenvalue weighted by Gasteiger charge is -1.94. The van der Waals surface area contributed by atoms with Gasteiger partial charge in [0, 0.05) is 12.7 Å². The van der Waals surface area contributed by atoms with Gasteiger partial charge < -0.3 is 10.2 Å². The predicted molar refractivity (Wildman–Crippen MR) is 35.1 cm³/mol. The van der Waals surface area contributed by atoms with Crippen molar-refractivity contribution in [2.45, 2.75) is 13.2 Å². The molecule has 0 radical (unpaired) electrons. The van der Waals surface area contributed by atoms with Crippen molar-refractivity contribution < 1.29 is 10.2 Å². The van der Waals surface area contributed by atoms with Crippen LogP contribution in [0.1, 0.15) is 17.7 Å². The molecule has 10 heavy (non-hydrogen) atoms. The first-order valence-corrected chi connectivity index (χ1v) is 2.98. The van der Waals surface area contributed by atoms with Crippen molar-refractivity contribution in [3.63, 3.8) is 0 Å². The molecule has 0 aliphatic rings. The molecule has 0 saturated heterocycles. The smallest absolute Gasteiger partial charge is 0.197 e. The van der Waals surface area contributed by atoms with Crippen LogP contribution in [0.5, 0.6) is 0 Å². The lowest BCUT2D eigenvalue weighted by molar-refractivity contribution is -0.0461. The summed E-state index contributed by atoms with van der Waals surface area (Å²) in [5.74, 6) is 0. The maximum Gasteiger partial charge on any atom is 0.197 e. The lowest BCUT2D eigenvalue weighted by Crippen LogP contribution is -1.98. The van der Waals surface area contributed by atoms with Gasteiger partial charge in [-0.2, -0.15) is 5.10 Å². The molecule has 0 amide bonds. The van der Waals surface area contributed by atoms with Crippen LogP contribution in [0.25, 0.3) is 0 Å². The molecule has 4 heteroatoms. The zero-order valence-corrected chi connectivity index (χ0v) is 5.94. The van der Waals surface area contributed by atoms with E-state index in [0.717, 1.165) is 5.69 Å². The van der Waals surface area contributed by atoms with Crippen LogP contribution < -0.4 is 0 Å². The van der Waals surface area contributed by atoms with Crippen LogP contribution >= 0.6 is 0 Å². The Bertz CT molecular complexity index is 210. The summed E-state index contributed by atoms with van der Waals surface area (Å²) in [7, 11) is 1.75. The number of hydrogen-bond donors (Lipinski definition) is 2. The van der Waals surface area contributed by atoms with Gasteiger partial charge in [0.1, 0.15) is 5.69 Å². The van der Waals surface area contributed by atoms with Crippen LogP contribution in [0.4, 0.5) is 0 Å². The fourth-order valence-electron chi connectivity index (χ4n) is 0.715. The fourth-order valence-corrected chi connectivity index (χ4v) is 0.715. The molecule has 0 fully saturated rings. The first-order chi connectivity index (χ1) is 4.61. The highest BCUT2D eigenvalue weighted by atomic mass is 16.5. The molecular weight excluding hydrogens is 132 g/mol. The van der Waals surface area contributed by atoms with Crippen LogP contribution in [0, 0.1) is 6.92 Å². The van der Waals surface area contributed by atoms with Crippen LogP contribution in [0.2, 0.25) is 0 Å². The second-order valence-electron chi connectivity index (χ2n) is 2.21. The summed E-state index contributed by atoms with van der Waals surface area (Å²) < 4.78 is 1.59. The normalized spacial score (nSPS) is 10.9. The molecule has 0 aliphatic heterocycles. The van der Waals surface area contributed by atoms with E-state index in [2.05, 4.69) is 5.10 Å². The molecule has 0 aromatic carbocycles. The van der Waals surface area contributed by atoms with Gasteiger partial charge in [0.25, 0.3) is 0 Å². The van der Waals surface area contributed by atoms with Crippen LogP contribution in [-0.2, 0) is 7.05 Å². The monoisotopic (exact) mass is 142 g/mol. The molecule has 0 bridgehead atoms. The number of aliphatic hydroxyl groups excluding tert-OH is 1. The molecule has 4 nitrogen and oxygen atoms in total. The molecule has 1 aromatic rings. The van der Waals surface area contributed by atoms with Gasteiger partial charge in [-0.1, -0.05) is 0 Å². The molecule has 0 aliphatic carbocycles. The van der Waals surface area contributed by atoms with Crippen molar-refractivity contribution in [2.24, 2.45) is 7.05 Å². The summed E-state index contributed by atoms with van der Waals surface area (Å²) in [6.45, 7) is 1.85. The summed E-state index contributed by atoms with van der Waals surface area (Å²) in [5, 5.41) is 21.1. The van der Waals surface area contributed by atoms with Crippen LogP contribution in [-0.4, -0.2) is 20.0 Å². The van der Waals surface area contributed by atoms with Crippen molar-refractivity contribution >= 4 is 0 Å². The molecule has 1 rings (SSSR count). The molecule has 1 heterocycles. The Balaban J connectivity index is 2.98. The topological polar surface area (TPSA) is 58.3 Å². The molecule has 2 N–H and O–H groups in total. The minimum atomic E-state index is -1.46. The van der Waals surface area contributed by atoms with Crippen LogP contribution in [0.3, 0.4) is 0 Å². The maximum absolute atomic E-state index is 8.64. The maximum atomic E-state index is 8.64. The minimum Gasteiger partial charge on any atom is -0.363 e. The Morgan fingerprint density at radius 3 is 2.40 bits per heavy atom. The summed E-state index contributed by atoms with van der Waals surface area (Å²) >= 11 is 0. The van der Waals surface area contributed by atoms with Gasteiger partial charge >= 0.3 is 0 Å². The first kappa shape index (κ1) is 7.24. The second-order valence-corrected chi connectivity index (χ2v) is 2.21. The van der Waals surface area contributed by atoms with Gasteiger partial charge in [0.15, 0.2) is 6.29 Å². The second kappa shape index (κ2) is 2.40. The van der Waals surface area contributed by atoms with E-state index in [4.69, 9.17) is 10.2 Å². The average Bonchev–Trinajstić information content (AvgIpc) is 2.13. The summed E-state index contributed by atoms with van der Waals surface area (Å²) in [5.41, 5.74) is 1.20. The van der Waals surface area contributed by atoms with E-state index in [1.165, 1.54) is 0 Å². The van der Waals surface area contributed by atoms with Crippen LogP contribution in [0.15, 0.2) is 6.07 Å². The Kier molecular flexibility index (Phi) is 1.74. The Morgan fingerprint density at radius 1 is 1.60 bits per heavy atom. The van der Waals surface area contributed by atoms with Gasteiger partial charge in [0.05, 0.1) is 0 Å². The van der Waals surface area contributed by atoms with Crippen molar-refractivity contribution in [3.8, 4) is 0 Å². The summed E-state index contributed by atoms with van der Waals surface area (Å²) in [6.07, 6.45) is -1.46. The average molecular weight is 142 g/mol. The Hall–Kier alpha value is -0.870. The highest BCUT2D eigenvalue weighted by molar-refractivity contribution is 5.08. The molecule has 56 valence electrons.